The Bertz CT molecular complexity index is 593. The molecule has 0 spiro atoms. The van der Waals surface area contributed by atoms with E-state index in [9.17, 15) is 9.90 Å². The Labute approximate surface area is 134 Å². The highest BCUT2D eigenvalue weighted by Crippen LogP contribution is 2.77. The van der Waals surface area contributed by atoms with Crippen molar-refractivity contribution in [2.75, 3.05) is 0 Å². The van der Waals surface area contributed by atoms with Crippen molar-refractivity contribution in [3.63, 3.8) is 0 Å². The van der Waals surface area contributed by atoms with Crippen molar-refractivity contribution in [3.05, 3.63) is 71.8 Å². The van der Waals surface area contributed by atoms with Crippen LogP contribution in [0.15, 0.2) is 60.7 Å². The summed E-state index contributed by atoms with van der Waals surface area (Å²) in [5.74, 6) is -1.37. The van der Waals surface area contributed by atoms with Crippen molar-refractivity contribution >= 4 is 37.8 Å². The van der Waals surface area contributed by atoms with Crippen LogP contribution in [-0.4, -0.2) is 11.1 Å². The predicted octanol–water partition coefficient (Wildman–Crippen LogP) is 4.28. The first-order valence-electron chi connectivity index (χ1n) is 6.24. The molecule has 20 heavy (non-hydrogen) atoms. The fourth-order valence-corrected chi connectivity index (χ4v) is 5.46. The van der Waals surface area contributed by atoms with Gasteiger partial charge < -0.3 is 5.11 Å². The van der Waals surface area contributed by atoms with Crippen molar-refractivity contribution in [1.82, 2.24) is 0 Å². The van der Waals surface area contributed by atoms with Crippen LogP contribution in [-0.2, 0) is 13.4 Å². The van der Waals surface area contributed by atoms with Gasteiger partial charge in [0.05, 0.1) is 14.6 Å². The van der Waals surface area contributed by atoms with Gasteiger partial charge in [-0.1, -0.05) is 92.5 Å². The Morgan fingerprint density at radius 3 is 1.50 bits per heavy atom. The van der Waals surface area contributed by atoms with Crippen LogP contribution in [0, 0.1) is 5.92 Å². The van der Waals surface area contributed by atoms with Gasteiger partial charge in [-0.3, -0.25) is 4.79 Å². The van der Waals surface area contributed by atoms with Crippen LogP contribution in [0.5, 0.6) is 0 Å². The Hall–Kier alpha value is -1.13. The molecule has 0 bridgehead atoms. The van der Waals surface area contributed by atoms with Crippen LogP contribution < -0.4 is 0 Å². The van der Waals surface area contributed by atoms with Crippen molar-refractivity contribution in [3.8, 4) is 0 Å². The molecule has 3 rings (SSSR count). The number of alkyl halides is 2. The fourth-order valence-electron chi connectivity index (χ4n) is 2.86. The van der Waals surface area contributed by atoms with Crippen LogP contribution in [0.2, 0.25) is 0 Å². The molecule has 1 fully saturated rings. The maximum atomic E-state index is 11.7. The predicted molar refractivity (Wildman–Crippen MR) is 85.2 cm³/mol. The number of carboxylic acids is 1. The molecule has 0 aliphatic heterocycles. The smallest absolute Gasteiger partial charge is 0.310 e. The van der Waals surface area contributed by atoms with E-state index in [1.54, 1.807) is 0 Å². The molecule has 1 saturated carbocycles. The number of halogens is 2. The topological polar surface area (TPSA) is 37.3 Å². The first-order valence-corrected chi connectivity index (χ1v) is 7.83. The molecule has 1 aliphatic rings. The maximum absolute atomic E-state index is 11.7. The van der Waals surface area contributed by atoms with E-state index in [1.807, 2.05) is 60.7 Å². The van der Waals surface area contributed by atoms with Gasteiger partial charge in [-0.25, -0.2) is 0 Å². The minimum Gasteiger partial charge on any atom is -0.481 e. The number of rotatable bonds is 3. The summed E-state index contributed by atoms with van der Waals surface area (Å²) in [4.78, 5) is 11.7. The molecule has 1 aliphatic carbocycles. The minimum atomic E-state index is -0.813. The summed E-state index contributed by atoms with van der Waals surface area (Å²) < 4.78 is -1.26. The largest absolute Gasteiger partial charge is 0.481 e. The third-order valence-corrected chi connectivity index (χ3v) is 7.49. The second-order valence-corrected chi connectivity index (χ2v) is 7.43. The molecule has 0 radical (unpaired) electrons. The van der Waals surface area contributed by atoms with Crippen LogP contribution in [0.25, 0.3) is 0 Å². The normalized spacial score (nSPS) is 31.8. The standard InChI is InChI=1S/C16H12Br2O2/c17-15(11-7-3-1-4-8-11)13(14(19)20)16(15,18)12-9-5-2-6-10-12/h1-10,13H,(H,19,20)/t15-,16-/m0/s1. The zero-order valence-corrected chi connectivity index (χ0v) is 13.6. The highest BCUT2D eigenvalue weighted by atomic mass is 79.9. The molecule has 0 amide bonds. The molecule has 4 heteroatoms. The Morgan fingerprint density at radius 2 is 1.20 bits per heavy atom. The summed E-state index contributed by atoms with van der Waals surface area (Å²) in [5.41, 5.74) is 1.93. The van der Waals surface area contributed by atoms with Gasteiger partial charge in [0, 0.05) is 0 Å². The molecule has 102 valence electrons. The van der Waals surface area contributed by atoms with Gasteiger partial charge in [0.15, 0.2) is 0 Å². The molecule has 2 aromatic rings. The Balaban J connectivity index is 2.14. The van der Waals surface area contributed by atoms with E-state index in [-0.39, 0.29) is 0 Å². The average Bonchev–Trinajstić information content (AvgIpc) is 3.00. The van der Waals surface area contributed by atoms with Gasteiger partial charge in [-0.2, -0.15) is 0 Å². The number of benzene rings is 2. The zero-order chi connectivity index (χ0) is 14.4. The molecule has 0 heterocycles. The van der Waals surface area contributed by atoms with Gasteiger partial charge in [0.25, 0.3) is 0 Å². The highest BCUT2D eigenvalue weighted by Gasteiger charge is 2.79. The van der Waals surface area contributed by atoms with E-state index in [0.29, 0.717) is 0 Å². The number of hydrogen-bond acceptors (Lipinski definition) is 1. The molecule has 0 saturated heterocycles. The second-order valence-electron chi connectivity index (χ2n) is 4.93. The molecule has 0 aromatic heterocycles. The highest BCUT2D eigenvalue weighted by molar-refractivity contribution is 9.13. The quantitative estimate of drug-likeness (QED) is 0.787. The molecule has 0 unspecified atom stereocenters. The number of hydrogen-bond donors (Lipinski definition) is 1. The lowest BCUT2D eigenvalue weighted by atomic mass is 10.0. The van der Waals surface area contributed by atoms with E-state index in [1.165, 1.54) is 0 Å². The van der Waals surface area contributed by atoms with Gasteiger partial charge in [0.2, 0.25) is 0 Å². The maximum Gasteiger partial charge on any atom is 0.310 e. The molecule has 1 N–H and O–H groups in total. The third-order valence-electron chi connectivity index (χ3n) is 3.88. The van der Waals surface area contributed by atoms with Crippen LogP contribution in [0.1, 0.15) is 11.1 Å². The van der Waals surface area contributed by atoms with Crippen LogP contribution in [0.3, 0.4) is 0 Å². The summed E-state index contributed by atoms with van der Waals surface area (Å²) in [7, 11) is 0. The van der Waals surface area contributed by atoms with Crippen molar-refractivity contribution in [2.24, 2.45) is 5.92 Å². The number of carboxylic acid groups (broad SMARTS) is 1. The molecule has 2 nitrogen and oxygen atoms in total. The lowest BCUT2D eigenvalue weighted by molar-refractivity contribution is -0.138. The zero-order valence-electron chi connectivity index (χ0n) is 10.5. The van der Waals surface area contributed by atoms with E-state index < -0.39 is 20.5 Å². The lowest BCUT2D eigenvalue weighted by Gasteiger charge is -2.15. The van der Waals surface area contributed by atoms with Gasteiger partial charge in [-0.15, -0.1) is 0 Å². The third kappa shape index (κ3) is 1.71. The Morgan fingerprint density at radius 1 is 0.850 bits per heavy atom. The number of aliphatic carboxylic acids is 1. The first-order chi connectivity index (χ1) is 9.53. The van der Waals surface area contributed by atoms with Crippen LogP contribution >= 0.6 is 31.9 Å². The second kappa shape index (κ2) is 4.71. The van der Waals surface area contributed by atoms with Gasteiger partial charge in [-0.05, 0) is 11.1 Å². The van der Waals surface area contributed by atoms with Gasteiger partial charge in [0.1, 0.15) is 0 Å². The summed E-state index contributed by atoms with van der Waals surface area (Å²) in [6, 6.07) is 19.4. The van der Waals surface area contributed by atoms with Crippen molar-refractivity contribution in [1.29, 1.82) is 0 Å². The molecule has 2 aromatic carbocycles. The van der Waals surface area contributed by atoms with Crippen molar-refractivity contribution in [2.45, 2.75) is 8.65 Å². The number of carbonyl (C=O) groups is 1. The SMILES string of the molecule is O=C(O)C1[C@@](Br)(c2ccccc2)[C@]1(Br)c1ccccc1. The summed E-state index contributed by atoms with van der Waals surface area (Å²) in [6.07, 6.45) is 0. The summed E-state index contributed by atoms with van der Waals surface area (Å²) in [6.45, 7) is 0. The Kier molecular flexibility index (Phi) is 3.26. The summed E-state index contributed by atoms with van der Waals surface area (Å²) >= 11 is 7.39. The monoisotopic (exact) mass is 394 g/mol. The fraction of sp³-hybridized carbons (Fsp3) is 0.188. The van der Waals surface area contributed by atoms with E-state index in [4.69, 9.17) is 0 Å². The first kappa shape index (κ1) is 13.8. The van der Waals surface area contributed by atoms with E-state index >= 15 is 0 Å². The molecule has 2 atom stereocenters. The lowest BCUT2D eigenvalue weighted by Crippen LogP contribution is -2.10. The van der Waals surface area contributed by atoms with Crippen molar-refractivity contribution < 1.29 is 9.90 Å². The molecular weight excluding hydrogens is 384 g/mol. The minimum absolute atomic E-state index is 0.556. The summed E-state index contributed by atoms with van der Waals surface area (Å²) in [5, 5.41) is 9.59. The van der Waals surface area contributed by atoms with E-state index in [0.717, 1.165) is 11.1 Å². The van der Waals surface area contributed by atoms with Gasteiger partial charge >= 0.3 is 5.97 Å². The average molecular weight is 396 g/mol. The van der Waals surface area contributed by atoms with Crippen LogP contribution in [0.4, 0.5) is 0 Å². The van der Waals surface area contributed by atoms with E-state index in [2.05, 4.69) is 31.9 Å². The molecular formula is C16H12Br2O2.